The Morgan fingerprint density at radius 3 is 3.00 bits per heavy atom. The standard InChI is InChI=1S/C10H7ClN6OS/c11-6-3-1-2-5(4-6)9-16-17-7(8(18)13-12)14-15-10(17)19-9/h1-4H,12H2,(H,13,18). The lowest BCUT2D eigenvalue weighted by atomic mass is 10.2. The van der Waals surface area contributed by atoms with Crippen LogP contribution in [-0.2, 0) is 0 Å². The summed E-state index contributed by atoms with van der Waals surface area (Å²) < 4.78 is 1.35. The Morgan fingerprint density at radius 2 is 2.26 bits per heavy atom. The van der Waals surface area contributed by atoms with E-state index in [2.05, 4.69) is 15.3 Å². The first-order chi connectivity index (χ1) is 9.19. The van der Waals surface area contributed by atoms with E-state index in [0.29, 0.717) is 15.0 Å². The summed E-state index contributed by atoms with van der Waals surface area (Å²) in [5, 5.41) is 13.2. The number of rotatable bonds is 2. The number of halogens is 1. The van der Waals surface area contributed by atoms with Crippen LogP contribution in [0.5, 0.6) is 0 Å². The van der Waals surface area contributed by atoms with E-state index in [-0.39, 0.29) is 5.82 Å². The SMILES string of the molecule is NNC(=O)c1nnc2sc(-c3cccc(Cl)c3)nn12. The Balaban J connectivity index is 2.12. The van der Waals surface area contributed by atoms with Crippen LogP contribution < -0.4 is 11.3 Å². The molecule has 96 valence electrons. The fraction of sp³-hybridized carbons (Fsp3) is 0. The fourth-order valence-electron chi connectivity index (χ4n) is 1.56. The summed E-state index contributed by atoms with van der Waals surface area (Å²) in [6.07, 6.45) is 0. The van der Waals surface area contributed by atoms with E-state index < -0.39 is 5.91 Å². The average Bonchev–Trinajstić information content (AvgIpc) is 2.97. The van der Waals surface area contributed by atoms with Gasteiger partial charge in [0, 0.05) is 10.6 Å². The van der Waals surface area contributed by atoms with Gasteiger partial charge in [-0.15, -0.1) is 10.2 Å². The predicted octanol–water partition coefficient (Wildman–Crippen LogP) is 1.11. The van der Waals surface area contributed by atoms with E-state index in [1.165, 1.54) is 15.9 Å². The molecule has 0 unspecified atom stereocenters. The van der Waals surface area contributed by atoms with Gasteiger partial charge in [0.05, 0.1) is 0 Å². The first-order valence-corrected chi connectivity index (χ1v) is 6.37. The summed E-state index contributed by atoms with van der Waals surface area (Å²) in [4.78, 5) is 12.0. The molecule has 7 nitrogen and oxygen atoms in total. The number of nitrogens with two attached hydrogens (primary N) is 1. The van der Waals surface area contributed by atoms with E-state index >= 15 is 0 Å². The minimum atomic E-state index is -0.546. The summed E-state index contributed by atoms with van der Waals surface area (Å²) in [6.45, 7) is 0. The van der Waals surface area contributed by atoms with Crippen molar-refractivity contribution in [3.8, 4) is 10.6 Å². The van der Waals surface area contributed by atoms with Gasteiger partial charge in [-0.3, -0.25) is 10.2 Å². The zero-order valence-corrected chi connectivity index (χ0v) is 10.9. The first-order valence-electron chi connectivity index (χ1n) is 5.18. The number of amides is 1. The van der Waals surface area contributed by atoms with Crippen LogP contribution in [0.15, 0.2) is 24.3 Å². The molecule has 0 fully saturated rings. The van der Waals surface area contributed by atoms with E-state index in [1.54, 1.807) is 12.1 Å². The summed E-state index contributed by atoms with van der Waals surface area (Å²) in [7, 11) is 0. The van der Waals surface area contributed by atoms with Crippen molar-refractivity contribution in [1.82, 2.24) is 25.2 Å². The molecule has 0 bridgehead atoms. The third-order valence-corrected chi connectivity index (χ3v) is 3.58. The van der Waals surface area contributed by atoms with Crippen molar-refractivity contribution in [1.29, 1.82) is 0 Å². The second-order valence-electron chi connectivity index (χ2n) is 3.61. The number of benzene rings is 1. The normalized spacial score (nSPS) is 10.8. The van der Waals surface area contributed by atoms with Crippen LogP contribution >= 0.6 is 22.9 Å². The molecule has 2 heterocycles. The van der Waals surface area contributed by atoms with Gasteiger partial charge in [-0.25, -0.2) is 5.84 Å². The van der Waals surface area contributed by atoms with Gasteiger partial charge >= 0.3 is 5.91 Å². The number of carbonyl (C=O) groups is 1. The number of hydrogen-bond donors (Lipinski definition) is 2. The largest absolute Gasteiger partial charge is 0.304 e. The number of hydrogen-bond acceptors (Lipinski definition) is 6. The van der Waals surface area contributed by atoms with Gasteiger partial charge in [-0.1, -0.05) is 35.1 Å². The number of aromatic nitrogens is 4. The molecular weight excluding hydrogens is 288 g/mol. The van der Waals surface area contributed by atoms with Crippen molar-refractivity contribution in [2.75, 3.05) is 0 Å². The molecule has 2 aromatic heterocycles. The molecular formula is C10H7ClN6OS. The quantitative estimate of drug-likeness (QED) is 0.419. The van der Waals surface area contributed by atoms with E-state index in [1.807, 2.05) is 17.6 Å². The summed E-state index contributed by atoms with van der Waals surface area (Å²) in [5.74, 6) is 4.57. The maximum Gasteiger partial charge on any atom is 0.304 e. The van der Waals surface area contributed by atoms with Gasteiger partial charge in [0.25, 0.3) is 0 Å². The lowest BCUT2D eigenvalue weighted by molar-refractivity contribution is 0.0941. The molecule has 0 aliphatic carbocycles. The van der Waals surface area contributed by atoms with Crippen LogP contribution in [0.4, 0.5) is 0 Å². The Hall–Kier alpha value is -2.03. The number of nitrogen functional groups attached to an aromatic ring is 1. The van der Waals surface area contributed by atoms with Gasteiger partial charge in [-0.05, 0) is 12.1 Å². The highest BCUT2D eigenvalue weighted by Gasteiger charge is 2.17. The number of nitrogens with one attached hydrogen (secondary N) is 1. The van der Waals surface area contributed by atoms with Gasteiger partial charge < -0.3 is 0 Å². The van der Waals surface area contributed by atoms with Crippen LogP contribution in [0.1, 0.15) is 10.6 Å². The van der Waals surface area contributed by atoms with Gasteiger partial charge in [0.15, 0.2) is 0 Å². The van der Waals surface area contributed by atoms with Gasteiger partial charge in [0.2, 0.25) is 10.8 Å². The highest BCUT2D eigenvalue weighted by molar-refractivity contribution is 7.19. The van der Waals surface area contributed by atoms with Crippen molar-refractivity contribution in [3.63, 3.8) is 0 Å². The molecule has 3 rings (SSSR count). The van der Waals surface area contributed by atoms with Crippen molar-refractivity contribution in [2.45, 2.75) is 0 Å². The molecule has 19 heavy (non-hydrogen) atoms. The van der Waals surface area contributed by atoms with Crippen LogP contribution in [0.25, 0.3) is 15.5 Å². The Kier molecular flexibility index (Phi) is 2.90. The van der Waals surface area contributed by atoms with Crippen LogP contribution in [0, 0.1) is 0 Å². The maximum atomic E-state index is 11.5. The molecule has 0 aliphatic heterocycles. The van der Waals surface area contributed by atoms with E-state index in [4.69, 9.17) is 17.4 Å². The number of carbonyl (C=O) groups excluding carboxylic acids is 1. The number of fused-ring (bicyclic) bond motifs is 1. The lowest BCUT2D eigenvalue weighted by Crippen LogP contribution is -2.31. The molecule has 0 radical (unpaired) electrons. The van der Waals surface area contributed by atoms with Crippen molar-refractivity contribution in [3.05, 3.63) is 35.1 Å². The molecule has 0 saturated heterocycles. The molecule has 0 atom stereocenters. The zero-order valence-electron chi connectivity index (χ0n) is 9.37. The summed E-state index contributed by atoms with van der Waals surface area (Å²) in [6, 6.07) is 7.27. The summed E-state index contributed by atoms with van der Waals surface area (Å²) in [5.41, 5.74) is 2.85. The highest BCUT2D eigenvalue weighted by atomic mass is 35.5. The molecule has 0 aliphatic rings. The topological polar surface area (TPSA) is 98.2 Å². The number of hydrazine groups is 1. The van der Waals surface area contributed by atoms with Crippen LogP contribution in [0.2, 0.25) is 5.02 Å². The van der Waals surface area contributed by atoms with E-state index in [9.17, 15) is 4.79 Å². The molecule has 0 saturated carbocycles. The van der Waals surface area contributed by atoms with Gasteiger partial charge in [0.1, 0.15) is 5.01 Å². The van der Waals surface area contributed by atoms with Crippen LogP contribution in [-0.4, -0.2) is 25.7 Å². The molecule has 3 N–H and O–H groups in total. The van der Waals surface area contributed by atoms with Crippen molar-refractivity contribution < 1.29 is 4.79 Å². The third kappa shape index (κ3) is 2.05. The van der Waals surface area contributed by atoms with Crippen molar-refractivity contribution in [2.24, 2.45) is 5.84 Å². The molecule has 1 amide bonds. The molecule has 3 aromatic rings. The third-order valence-electron chi connectivity index (χ3n) is 2.40. The minimum Gasteiger partial charge on any atom is -0.287 e. The second kappa shape index (κ2) is 4.57. The minimum absolute atomic E-state index is 0.0435. The Bertz CT molecular complexity index is 766. The molecule has 1 aromatic carbocycles. The molecule has 9 heteroatoms. The summed E-state index contributed by atoms with van der Waals surface area (Å²) >= 11 is 7.24. The second-order valence-corrected chi connectivity index (χ2v) is 5.00. The smallest absolute Gasteiger partial charge is 0.287 e. The first kappa shape index (κ1) is 12.0. The maximum absolute atomic E-state index is 11.5. The Labute approximate surface area is 116 Å². The monoisotopic (exact) mass is 294 g/mol. The Morgan fingerprint density at radius 1 is 1.42 bits per heavy atom. The highest BCUT2D eigenvalue weighted by Crippen LogP contribution is 2.27. The predicted molar refractivity (Wildman–Crippen MR) is 70.8 cm³/mol. The van der Waals surface area contributed by atoms with Crippen LogP contribution in [0.3, 0.4) is 0 Å². The number of nitrogens with zero attached hydrogens (tertiary/aromatic N) is 4. The van der Waals surface area contributed by atoms with E-state index in [0.717, 1.165) is 5.56 Å². The zero-order chi connectivity index (χ0) is 13.4. The molecule has 0 spiro atoms. The van der Waals surface area contributed by atoms with Crippen molar-refractivity contribution >= 4 is 33.8 Å². The van der Waals surface area contributed by atoms with Gasteiger partial charge in [-0.2, -0.15) is 9.61 Å². The lowest BCUT2D eigenvalue weighted by Gasteiger charge is -1.96. The fourth-order valence-corrected chi connectivity index (χ4v) is 2.59. The average molecular weight is 295 g/mol.